The highest BCUT2D eigenvalue weighted by molar-refractivity contribution is 5.79. The minimum Gasteiger partial charge on any atom is -0.490 e. The number of ether oxygens (including phenoxy) is 1. The van der Waals surface area contributed by atoms with Gasteiger partial charge in [0, 0.05) is 31.4 Å². The van der Waals surface area contributed by atoms with Gasteiger partial charge in [-0.3, -0.25) is 19.1 Å². The first-order valence-corrected chi connectivity index (χ1v) is 13.7. The number of carbonyl (C=O) groups is 1. The Labute approximate surface area is 230 Å². The number of fused-ring (bicyclic) bond motifs is 1. The summed E-state index contributed by atoms with van der Waals surface area (Å²) in [5, 5.41) is 15.9. The van der Waals surface area contributed by atoms with Crippen molar-refractivity contribution in [2.75, 3.05) is 13.1 Å². The summed E-state index contributed by atoms with van der Waals surface area (Å²) in [6.07, 6.45) is 10.3. The SMILES string of the molecule is O=C(C1CCC(Oc2ccncc2)CC1)N1CCC(O)(Cn2cnc3c(cnn3-c3ccc(F)cc3)c2=O)CC1. The molecule has 0 bridgehead atoms. The molecule has 1 amide bonds. The van der Waals surface area contributed by atoms with Gasteiger partial charge < -0.3 is 14.7 Å². The Morgan fingerprint density at radius 1 is 1.05 bits per heavy atom. The number of aromatic nitrogens is 5. The van der Waals surface area contributed by atoms with Crippen LogP contribution >= 0.6 is 0 Å². The van der Waals surface area contributed by atoms with Crippen LogP contribution in [0.15, 0.2) is 66.1 Å². The monoisotopic (exact) mass is 546 g/mol. The second-order valence-corrected chi connectivity index (χ2v) is 10.8. The molecule has 0 unspecified atom stereocenters. The summed E-state index contributed by atoms with van der Waals surface area (Å²) in [6, 6.07) is 9.45. The van der Waals surface area contributed by atoms with Crippen LogP contribution in [-0.4, -0.2) is 65.0 Å². The molecule has 40 heavy (non-hydrogen) atoms. The van der Waals surface area contributed by atoms with Crippen molar-refractivity contribution in [1.29, 1.82) is 0 Å². The van der Waals surface area contributed by atoms with Gasteiger partial charge in [-0.2, -0.15) is 5.10 Å². The van der Waals surface area contributed by atoms with E-state index in [-0.39, 0.29) is 35.9 Å². The van der Waals surface area contributed by atoms with E-state index in [1.165, 1.54) is 33.9 Å². The van der Waals surface area contributed by atoms with Crippen LogP contribution in [0.2, 0.25) is 0 Å². The summed E-state index contributed by atoms with van der Waals surface area (Å²) in [7, 11) is 0. The van der Waals surface area contributed by atoms with E-state index in [0.717, 1.165) is 31.4 Å². The maximum Gasteiger partial charge on any atom is 0.264 e. The molecule has 1 aliphatic carbocycles. The summed E-state index contributed by atoms with van der Waals surface area (Å²) in [6.45, 7) is 0.960. The molecule has 0 radical (unpaired) electrons. The number of nitrogens with zero attached hydrogens (tertiary/aromatic N) is 6. The predicted molar refractivity (Wildman–Crippen MR) is 144 cm³/mol. The molecule has 11 heteroatoms. The number of halogens is 1. The highest BCUT2D eigenvalue weighted by Crippen LogP contribution is 2.31. The van der Waals surface area contributed by atoms with Gasteiger partial charge >= 0.3 is 0 Å². The fourth-order valence-corrected chi connectivity index (χ4v) is 5.75. The lowest BCUT2D eigenvalue weighted by Crippen LogP contribution is -2.51. The highest BCUT2D eigenvalue weighted by Gasteiger charge is 2.37. The zero-order chi connectivity index (χ0) is 27.7. The number of aliphatic hydroxyl groups is 1. The molecule has 6 rings (SSSR count). The minimum absolute atomic E-state index is 0.0321. The first-order chi connectivity index (χ1) is 19.4. The summed E-state index contributed by atoms with van der Waals surface area (Å²) in [5.74, 6) is 0.541. The quantitative estimate of drug-likeness (QED) is 0.395. The van der Waals surface area contributed by atoms with Gasteiger partial charge in [-0.15, -0.1) is 0 Å². The summed E-state index contributed by atoms with van der Waals surface area (Å²) >= 11 is 0. The van der Waals surface area contributed by atoms with Crippen LogP contribution in [0, 0.1) is 11.7 Å². The number of benzene rings is 1. The Morgan fingerprint density at radius 2 is 1.75 bits per heavy atom. The molecule has 0 atom stereocenters. The molecule has 1 N–H and O–H groups in total. The highest BCUT2D eigenvalue weighted by atomic mass is 19.1. The van der Waals surface area contributed by atoms with Crippen molar-refractivity contribution in [3.63, 3.8) is 0 Å². The van der Waals surface area contributed by atoms with Crippen molar-refractivity contribution in [2.24, 2.45) is 5.92 Å². The number of carbonyl (C=O) groups excluding carboxylic acids is 1. The molecule has 1 saturated carbocycles. The molecular formula is C29H31FN6O4. The van der Waals surface area contributed by atoms with Crippen molar-refractivity contribution in [3.05, 3.63) is 77.5 Å². The average molecular weight is 547 g/mol. The van der Waals surface area contributed by atoms with Crippen LogP contribution in [0.25, 0.3) is 16.7 Å². The fourth-order valence-electron chi connectivity index (χ4n) is 5.75. The Hall–Kier alpha value is -4.12. The zero-order valence-electron chi connectivity index (χ0n) is 22.0. The topological polar surface area (TPSA) is 115 Å². The standard InChI is InChI=1S/C29H31FN6O4/c30-21-3-5-22(6-4-21)36-26-25(17-33-36)28(38)35(19-32-26)18-29(39)11-15-34(16-12-29)27(37)20-1-7-23(8-2-20)40-24-9-13-31-14-10-24/h3-6,9-10,13-14,17,19-20,23,39H,1-2,7-8,11-12,15-16,18H2. The number of piperidine rings is 1. The van der Waals surface area contributed by atoms with E-state index in [2.05, 4.69) is 15.1 Å². The van der Waals surface area contributed by atoms with E-state index in [0.29, 0.717) is 42.7 Å². The van der Waals surface area contributed by atoms with Gasteiger partial charge in [-0.25, -0.2) is 14.1 Å². The maximum atomic E-state index is 13.3. The number of hydrogen-bond acceptors (Lipinski definition) is 7. The van der Waals surface area contributed by atoms with Crippen LogP contribution in [-0.2, 0) is 11.3 Å². The lowest BCUT2D eigenvalue weighted by Gasteiger charge is -2.40. The third-order valence-electron chi connectivity index (χ3n) is 8.07. The van der Waals surface area contributed by atoms with Crippen LogP contribution in [0.3, 0.4) is 0 Å². The number of likely N-dealkylation sites (tertiary alicyclic amines) is 1. The molecule has 1 aromatic carbocycles. The summed E-state index contributed by atoms with van der Waals surface area (Å²) < 4.78 is 22.2. The van der Waals surface area contributed by atoms with Crippen molar-refractivity contribution < 1.29 is 19.0 Å². The Balaban J connectivity index is 1.05. The average Bonchev–Trinajstić information content (AvgIpc) is 3.41. The number of amides is 1. The predicted octanol–water partition coefficient (Wildman–Crippen LogP) is 3.11. The third-order valence-corrected chi connectivity index (χ3v) is 8.07. The fraction of sp³-hybridized carbons (Fsp3) is 0.414. The van der Waals surface area contributed by atoms with Crippen LogP contribution < -0.4 is 10.3 Å². The lowest BCUT2D eigenvalue weighted by atomic mass is 9.85. The Morgan fingerprint density at radius 3 is 2.45 bits per heavy atom. The van der Waals surface area contributed by atoms with Gasteiger partial charge in [0.15, 0.2) is 5.65 Å². The zero-order valence-corrected chi connectivity index (χ0v) is 22.0. The molecule has 2 fully saturated rings. The van der Waals surface area contributed by atoms with Crippen molar-refractivity contribution in [2.45, 2.75) is 56.8 Å². The third kappa shape index (κ3) is 5.33. The lowest BCUT2D eigenvalue weighted by molar-refractivity contribution is -0.141. The van der Waals surface area contributed by atoms with Gasteiger partial charge in [-0.1, -0.05) is 0 Å². The molecule has 0 spiro atoms. The first-order valence-electron chi connectivity index (χ1n) is 13.7. The normalized spacial score (nSPS) is 20.9. The molecule has 1 aliphatic heterocycles. The molecular weight excluding hydrogens is 515 g/mol. The van der Waals surface area contributed by atoms with Crippen LogP contribution in [0.1, 0.15) is 38.5 Å². The van der Waals surface area contributed by atoms with E-state index in [4.69, 9.17) is 4.74 Å². The second-order valence-electron chi connectivity index (χ2n) is 10.8. The van der Waals surface area contributed by atoms with Gasteiger partial charge in [0.2, 0.25) is 5.91 Å². The van der Waals surface area contributed by atoms with Gasteiger partial charge in [0.25, 0.3) is 5.56 Å². The Kier molecular flexibility index (Phi) is 7.05. The minimum atomic E-state index is -1.13. The van der Waals surface area contributed by atoms with Crippen molar-refractivity contribution >= 4 is 16.9 Å². The molecule has 2 aliphatic rings. The van der Waals surface area contributed by atoms with E-state index in [1.54, 1.807) is 24.5 Å². The van der Waals surface area contributed by atoms with Gasteiger partial charge in [-0.05, 0) is 74.9 Å². The maximum absolute atomic E-state index is 13.3. The molecule has 208 valence electrons. The van der Waals surface area contributed by atoms with Crippen molar-refractivity contribution in [3.8, 4) is 11.4 Å². The molecule has 4 aromatic rings. The number of hydrogen-bond donors (Lipinski definition) is 1. The van der Waals surface area contributed by atoms with Gasteiger partial charge in [0.1, 0.15) is 23.3 Å². The smallest absolute Gasteiger partial charge is 0.264 e. The van der Waals surface area contributed by atoms with Crippen LogP contribution in [0.5, 0.6) is 5.75 Å². The number of pyridine rings is 1. The summed E-state index contributed by atoms with van der Waals surface area (Å²) in [4.78, 5) is 36.7. The van der Waals surface area contributed by atoms with Crippen molar-refractivity contribution in [1.82, 2.24) is 29.2 Å². The van der Waals surface area contributed by atoms with Gasteiger partial charge in [0.05, 0.1) is 30.1 Å². The second kappa shape index (κ2) is 10.8. The van der Waals surface area contributed by atoms with E-state index >= 15 is 0 Å². The summed E-state index contributed by atoms with van der Waals surface area (Å²) in [5.41, 5.74) is -0.484. The van der Waals surface area contributed by atoms with E-state index in [1.807, 2.05) is 17.0 Å². The Bertz CT molecular complexity index is 1540. The number of rotatable bonds is 6. The molecule has 10 nitrogen and oxygen atoms in total. The largest absolute Gasteiger partial charge is 0.490 e. The molecule has 3 aromatic heterocycles. The van der Waals surface area contributed by atoms with E-state index < -0.39 is 5.60 Å². The molecule has 1 saturated heterocycles. The van der Waals surface area contributed by atoms with E-state index in [9.17, 15) is 19.1 Å². The molecule has 4 heterocycles. The first kappa shape index (κ1) is 26.1. The van der Waals surface area contributed by atoms with Crippen LogP contribution in [0.4, 0.5) is 4.39 Å².